The molecule has 1 N–H and O–H groups in total. The highest BCUT2D eigenvalue weighted by molar-refractivity contribution is 4.92. The maximum atomic E-state index is 10.1. The van der Waals surface area contributed by atoms with Gasteiger partial charge >= 0.3 is 0 Å². The van der Waals surface area contributed by atoms with E-state index in [-0.39, 0.29) is 6.10 Å². The summed E-state index contributed by atoms with van der Waals surface area (Å²) in [6, 6.07) is 0. The first kappa shape index (κ1) is 28.4. The van der Waals surface area contributed by atoms with Gasteiger partial charge in [-0.25, -0.2) is 0 Å². The van der Waals surface area contributed by atoms with Gasteiger partial charge in [0.1, 0.15) is 0 Å². The minimum atomic E-state index is -0.0481. The first-order valence-corrected chi connectivity index (χ1v) is 13.3. The molecule has 0 amide bonds. The number of hydrogen-bond acceptors (Lipinski definition) is 1. The number of unbranched alkanes of at least 4 members (excludes halogenated alkanes) is 15. The summed E-state index contributed by atoms with van der Waals surface area (Å²) in [4.78, 5) is 0. The molecule has 29 heavy (non-hydrogen) atoms. The molecule has 0 heterocycles. The van der Waals surface area contributed by atoms with E-state index in [1.54, 1.807) is 0 Å². The van der Waals surface area contributed by atoms with Gasteiger partial charge in [-0.2, -0.15) is 0 Å². The lowest BCUT2D eigenvalue weighted by Crippen LogP contribution is -2.05. The minimum absolute atomic E-state index is 0.0481. The Balaban J connectivity index is 3.24. The smallest absolute Gasteiger partial charge is 0.0540 e. The van der Waals surface area contributed by atoms with E-state index in [0.29, 0.717) is 0 Å². The summed E-state index contributed by atoms with van der Waals surface area (Å²) in [6.45, 7) is 4.53. The van der Waals surface area contributed by atoms with Crippen molar-refractivity contribution in [1.29, 1.82) is 0 Å². The third-order valence-corrected chi connectivity index (χ3v) is 5.88. The van der Waals surface area contributed by atoms with Gasteiger partial charge in [0.15, 0.2) is 0 Å². The third kappa shape index (κ3) is 25.4. The van der Waals surface area contributed by atoms with Gasteiger partial charge in [0, 0.05) is 0 Å². The lowest BCUT2D eigenvalue weighted by molar-refractivity contribution is 0.147. The first-order chi connectivity index (χ1) is 14.3. The molecule has 0 radical (unpaired) electrons. The van der Waals surface area contributed by atoms with Crippen LogP contribution in [-0.2, 0) is 0 Å². The summed E-state index contributed by atoms with van der Waals surface area (Å²) in [5, 5.41) is 10.1. The highest BCUT2D eigenvalue weighted by atomic mass is 16.3. The van der Waals surface area contributed by atoms with Gasteiger partial charge in [0.05, 0.1) is 6.10 Å². The van der Waals surface area contributed by atoms with Crippen molar-refractivity contribution in [2.45, 2.75) is 155 Å². The predicted octanol–water partition coefficient (Wildman–Crippen LogP) is 9.69. The second kappa shape index (κ2) is 25.5. The number of hydrogen-bond donors (Lipinski definition) is 1. The normalized spacial score (nSPS) is 13.1. The van der Waals surface area contributed by atoms with Crippen LogP contribution in [0, 0.1) is 0 Å². The molecule has 0 aliphatic heterocycles. The van der Waals surface area contributed by atoms with Crippen LogP contribution in [0.2, 0.25) is 0 Å². The zero-order chi connectivity index (χ0) is 21.3. The molecule has 0 spiro atoms. The Morgan fingerprint density at radius 1 is 0.483 bits per heavy atom. The molecule has 1 unspecified atom stereocenters. The lowest BCUT2D eigenvalue weighted by Gasteiger charge is -2.10. The second-order valence-electron chi connectivity index (χ2n) is 8.94. The molecule has 0 fully saturated rings. The SMILES string of the molecule is CCCCC/C=C\CC=CCCCCCCCC(O)CCCCCCCCCC. The Morgan fingerprint density at radius 2 is 0.862 bits per heavy atom. The average Bonchev–Trinajstić information content (AvgIpc) is 2.72. The Bertz CT molecular complexity index is 344. The zero-order valence-corrected chi connectivity index (χ0v) is 20.2. The summed E-state index contributed by atoms with van der Waals surface area (Å²) in [5.41, 5.74) is 0. The number of allylic oxidation sites excluding steroid dienone is 4. The van der Waals surface area contributed by atoms with Crippen LogP contribution in [0.15, 0.2) is 24.3 Å². The van der Waals surface area contributed by atoms with Crippen LogP contribution in [0.5, 0.6) is 0 Å². The fourth-order valence-electron chi connectivity index (χ4n) is 3.85. The molecule has 172 valence electrons. The molecule has 0 rings (SSSR count). The topological polar surface area (TPSA) is 20.2 Å². The van der Waals surface area contributed by atoms with Crippen LogP contribution in [0.3, 0.4) is 0 Å². The van der Waals surface area contributed by atoms with E-state index in [9.17, 15) is 5.11 Å². The molecule has 0 aliphatic carbocycles. The van der Waals surface area contributed by atoms with E-state index < -0.39 is 0 Å². The fraction of sp³-hybridized carbons (Fsp3) is 0.857. The highest BCUT2D eigenvalue weighted by Gasteiger charge is 2.03. The number of aliphatic hydroxyl groups excluding tert-OH is 1. The maximum absolute atomic E-state index is 10.1. The van der Waals surface area contributed by atoms with E-state index in [1.807, 2.05) is 0 Å². The Hall–Kier alpha value is -0.560. The van der Waals surface area contributed by atoms with Crippen LogP contribution in [-0.4, -0.2) is 11.2 Å². The van der Waals surface area contributed by atoms with Crippen molar-refractivity contribution in [3.05, 3.63) is 24.3 Å². The van der Waals surface area contributed by atoms with Crippen LogP contribution in [0.4, 0.5) is 0 Å². The van der Waals surface area contributed by atoms with Crippen LogP contribution < -0.4 is 0 Å². The molecule has 1 heteroatoms. The molecular formula is C28H54O. The van der Waals surface area contributed by atoms with Crippen molar-refractivity contribution in [2.24, 2.45) is 0 Å². The molecule has 0 saturated heterocycles. The van der Waals surface area contributed by atoms with Crippen molar-refractivity contribution in [3.8, 4) is 0 Å². The Labute approximate surface area is 184 Å². The van der Waals surface area contributed by atoms with Gasteiger partial charge in [-0.1, -0.05) is 128 Å². The average molecular weight is 407 g/mol. The first-order valence-electron chi connectivity index (χ1n) is 13.3. The van der Waals surface area contributed by atoms with Gasteiger partial charge in [-0.3, -0.25) is 0 Å². The van der Waals surface area contributed by atoms with Gasteiger partial charge in [0.2, 0.25) is 0 Å². The van der Waals surface area contributed by atoms with Crippen molar-refractivity contribution in [3.63, 3.8) is 0 Å². The van der Waals surface area contributed by atoms with Gasteiger partial charge < -0.3 is 5.11 Å². The number of rotatable bonds is 23. The maximum Gasteiger partial charge on any atom is 0.0540 e. The molecule has 1 nitrogen and oxygen atoms in total. The van der Waals surface area contributed by atoms with Crippen molar-refractivity contribution in [1.82, 2.24) is 0 Å². The third-order valence-electron chi connectivity index (χ3n) is 5.88. The monoisotopic (exact) mass is 406 g/mol. The lowest BCUT2D eigenvalue weighted by atomic mass is 10.0. The summed E-state index contributed by atoms with van der Waals surface area (Å²) >= 11 is 0. The van der Waals surface area contributed by atoms with Crippen LogP contribution >= 0.6 is 0 Å². The van der Waals surface area contributed by atoms with Crippen molar-refractivity contribution >= 4 is 0 Å². The Morgan fingerprint density at radius 3 is 1.38 bits per heavy atom. The van der Waals surface area contributed by atoms with Crippen LogP contribution in [0.25, 0.3) is 0 Å². The fourth-order valence-corrected chi connectivity index (χ4v) is 3.85. The van der Waals surface area contributed by atoms with E-state index in [1.165, 1.54) is 116 Å². The molecule has 0 saturated carbocycles. The molecule has 0 aromatic rings. The quantitative estimate of drug-likeness (QED) is 0.132. The van der Waals surface area contributed by atoms with Crippen molar-refractivity contribution < 1.29 is 5.11 Å². The van der Waals surface area contributed by atoms with E-state index in [2.05, 4.69) is 38.2 Å². The molecule has 1 atom stereocenters. The van der Waals surface area contributed by atoms with Crippen molar-refractivity contribution in [2.75, 3.05) is 0 Å². The van der Waals surface area contributed by atoms with Gasteiger partial charge in [0.25, 0.3) is 0 Å². The summed E-state index contributed by atoms with van der Waals surface area (Å²) in [7, 11) is 0. The molecule has 0 aromatic heterocycles. The molecular weight excluding hydrogens is 352 g/mol. The number of aliphatic hydroxyl groups is 1. The zero-order valence-electron chi connectivity index (χ0n) is 20.2. The van der Waals surface area contributed by atoms with E-state index >= 15 is 0 Å². The summed E-state index contributed by atoms with van der Waals surface area (Å²) in [6.07, 6.45) is 36.2. The minimum Gasteiger partial charge on any atom is -0.393 e. The largest absolute Gasteiger partial charge is 0.393 e. The van der Waals surface area contributed by atoms with E-state index in [4.69, 9.17) is 0 Å². The molecule has 0 aliphatic rings. The van der Waals surface area contributed by atoms with E-state index in [0.717, 1.165) is 19.3 Å². The van der Waals surface area contributed by atoms with Crippen LogP contribution in [0.1, 0.15) is 149 Å². The molecule has 0 bridgehead atoms. The standard InChI is InChI=1S/C28H54O/c1-3-5-7-9-11-13-14-15-16-17-18-19-21-23-25-27-28(29)26-24-22-20-12-10-8-6-4-2/h11,13,15-16,28-29H,3-10,12,14,17-27H2,1-2H3/b13-11-,16-15?. The van der Waals surface area contributed by atoms with Gasteiger partial charge in [-0.05, 0) is 44.9 Å². The molecule has 0 aromatic carbocycles. The van der Waals surface area contributed by atoms with Gasteiger partial charge in [-0.15, -0.1) is 0 Å². The second-order valence-corrected chi connectivity index (χ2v) is 8.94. The summed E-state index contributed by atoms with van der Waals surface area (Å²) < 4.78 is 0. The Kier molecular flexibility index (Phi) is 25.0. The highest BCUT2D eigenvalue weighted by Crippen LogP contribution is 2.14. The predicted molar refractivity (Wildman–Crippen MR) is 133 cm³/mol. The summed E-state index contributed by atoms with van der Waals surface area (Å²) in [5.74, 6) is 0.